The Balaban J connectivity index is 1.68. The molecule has 2 aromatic carbocycles. The average molecular weight is 327 g/mol. The lowest BCUT2D eigenvalue weighted by atomic mass is 10.0. The summed E-state index contributed by atoms with van der Waals surface area (Å²) < 4.78 is 14.3. The van der Waals surface area contributed by atoms with Gasteiger partial charge >= 0.3 is 0 Å². The summed E-state index contributed by atoms with van der Waals surface area (Å²) in [5.41, 5.74) is 3.15. The second-order valence-corrected chi connectivity index (χ2v) is 6.43. The summed E-state index contributed by atoms with van der Waals surface area (Å²) in [4.78, 5) is 4.78. The number of benzene rings is 2. The van der Waals surface area contributed by atoms with Crippen molar-refractivity contribution in [2.75, 3.05) is 38.1 Å². The first-order valence-electron chi connectivity index (χ1n) is 8.66. The number of rotatable bonds is 5. The molecule has 1 atom stereocenters. The molecule has 1 unspecified atom stereocenters. The highest BCUT2D eigenvalue weighted by Gasteiger charge is 2.22. The van der Waals surface area contributed by atoms with Crippen LogP contribution in [0.3, 0.4) is 0 Å². The highest BCUT2D eigenvalue weighted by molar-refractivity contribution is 5.56. The third kappa shape index (κ3) is 3.77. The summed E-state index contributed by atoms with van der Waals surface area (Å²) in [7, 11) is 1.87. The van der Waals surface area contributed by atoms with Gasteiger partial charge in [-0.1, -0.05) is 36.4 Å². The van der Waals surface area contributed by atoms with Gasteiger partial charge in [-0.15, -0.1) is 0 Å². The van der Waals surface area contributed by atoms with Crippen LogP contribution in [0.25, 0.3) is 0 Å². The summed E-state index contributed by atoms with van der Waals surface area (Å²) in [5.74, 6) is -0.124. The lowest BCUT2D eigenvalue weighted by molar-refractivity contribution is 0.249. The number of anilines is 1. The van der Waals surface area contributed by atoms with Crippen molar-refractivity contribution < 1.29 is 4.39 Å². The van der Waals surface area contributed by atoms with Gasteiger partial charge in [-0.3, -0.25) is 4.90 Å². The number of nitrogens with zero attached hydrogens (tertiary/aromatic N) is 2. The lowest BCUT2D eigenvalue weighted by Crippen LogP contribution is -2.46. The molecule has 1 aliphatic rings. The van der Waals surface area contributed by atoms with Crippen LogP contribution in [0.5, 0.6) is 0 Å². The number of halogens is 1. The predicted molar refractivity (Wildman–Crippen MR) is 97.8 cm³/mol. The molecule has 24 heavy (non-hydrogen) atoms. The van der Waals surface area contributed by atoms with Gasteiger partial charge in [-0.25, -0.2) is 4.39 Å². The van der Waals surface area contributed by atoms with Crippen molar-refractivity contribution in [3.63, 3.8) is 0 Å². The molecule has 1 saturated heterocycles. The summed E-state index contributed by atoms with van der Waals surface area (Å²) in [6.45, 7) is 6.85. The van der Waals surface area contributed by atoms with E-state index in [-0.39, 0.29) is 11.9 Å². The van der Waals surface area contributed by atoms with Crippen LogP contribution < -0.4 is 10.2 Å². The number of piperazine rings is 1. The maximum Gasteiger partial charge on any atom is 0.130 e. The van der Waals surface area contributed by atoms with E-state index in [1.165, 1.54) is 5.56 Å². The van der Waals surface area contributed by atoms with Crippen LogP contribution in [-0.4, -0.2) is 38.1 Å². The zero-order chi connectivity index (χ0) is 16.9. The molecule has 128 valence electrons. The minimum Gasteiger partial charge on any atom is -0.369 e. The van der Waals surface area contributed by atoms with Crippen LogP contribution in [0.1, 0.15) is 24.1 Å². The molecular formula is C20H26FN3. The van der Waals surface area contributed by atoms with Crippen molar-refractivity contribution in [2.24, 2.45) is 0 Å². The van der Waals surface area contributed by atoms with E-state index in [2.05, 4.69) is 45.4 Å². The summed E-state index contributed by atoms with van der Waals surface area (Å²) >= 11 is 0. The molecule has 0 radical (unpaired) electrons. The zero-order valence-electron chi connectivity index (χ0n) is 14.5. The minimum atomic E-state index is -0.124. The Morgan fingerprint density at radius 3 is 2.38 bits per heavy atom. The monoisotopic (exact) mass is 327 g/mol. The fourth-order valence-corrected chi connectivity index (χ4v) is 3.36. The lowest BCUT2D eigenvalue weighted by Gasteiger charge is -2.37. The van der Waals surface area contributed by atoms with Crippen molar-refractivity contribution in [1.82, 2.24) is 10.2 Å². The van der Waals surface area contributed by atoms with Crippen molar-refractivity contribution in [3.8, 4) is 0 Å². The topological polar surface area (TPSA) is 18.5 Å². The standard InChI is InChI=1S/C20H26FN3/c1-16(22-2)20-18(21)9-6-10-19(20)24-13-11-23(12-14-24)15-17-7-4-3-5-8-17/h3-10,16,22H,11-15H2,1-2H3. The van der Waals surface area contributed by atoms with Crippen LogP contribution in [0.15, 0.2) is 48.5 Å². The quantitative estimate of drug-likeness (QED) is 0.908. The second kappa shape index (κ2) is 7.77. The van der Waals surface area contributed by atoms with Crippen LogP contribution >= 0.6 is 0 Å². The van der Waals surface area contributed by atoms with Crippen molar-refractivity contribution in [3.05, 3.63) is 65.5 Å². The van der Waals surface area contributed by atoms with Crippen LogP contribution in [0.2, 0.25) is 0 Å². The molecule has 3 nitrogen and oxygen atoms in total. The van der Waals surface area contributed by atoms with E-state index in [0.29, 0.717) is 0 Å². The fraction of sp³-hybridized carbons (Fsp3) is 0.400. The fourth-order valence-electron chi connectivity index (χ4n) is 3.36. The SMILES string of the molecule is CNC(C)c1c(F)cccc1N1CCN(Cc2ccccc2)CC1. The maximum absolute atomic E-state index is 14.3. The van der Waals surface area contributed by atoms with E-state index in [0.717, 1.165) is 44.0 Å². The van der Waals surface area contributed by atoms with Gasteiger partial charge in [-0.2, -0.15) is 0 Å². The molecule has 0 saturated carbocycles. The van der Waals surface area contributed by atoms with Gasteiger partial charge in [0.2, 0.25) is 0 Å². The van der Waals surface area contributed by atoms with Crippen molar-refractivity contribution >= 4 is 5.69 Å². The molecule has 0 amide bonds. The molecule has 0 bridgehead atoms. The largest absolute Gasteiger partial charge is 0.369 e. The van der Waals surface area contributed by atoms with Gasteiger partial charge < -0.3 is 10.2 Å². The molecule has 0 spiro atoms. The first-order chi connectivity index (χ1) is 11.7. The van der Waals surface area contributed by atoms with E-state index in [1.54, 1.807) is 6.07 Å². The summed E-state index contributed by atoms with van der Waals surface area (Å²) in [6, 6.07) is 16.0. The van der Waals surface area contributed by atoms with E-state index in [4.69, 9.17) is 0 Å². The minimum absolute atomic E-state index is 0.00329. The Labute approximate surface area is 144 Å². The Morgan fingerprint density at radius 2 is 1.71 bits per heavy atom. The maximum atomic E-state index is 14.3. The van der Waals surface area contributed by atoms with Gasteiger partial charge in [0.25, 0.3) is 0 Å². The first kappa shape index (κ1) is 16.9. The zero-order valence-corrected chi connectivity index (χ0v) is 14.5. The molecule has 1 aliphatic heterocycles. The Kier molecular flexibility index (Phi) is 5.48. The molecule has 1 fully saturated rings. The normalized spacial score (nSPS) is 17.0. The average Bonchev–Trinajstić information content (AvgIpc) is 2.62. The van der Waals surface area contributed by atoms with E-state index < -0.39 is 0 Å². The molecule has 0 aromatic heterocycles. The number of nitrogens with one attached hydrogen (secondary N) is 1. The number of hydrogen-bond donors (Lipinski definition) is 1. The Bertz CT molecular complexity index is 651. The molecular weight excluding hydrogens is 301 g/mol. The van der Waals surface area contributed by atoms with Crippen molar-refractivity contribution in [1.29, 1.82) is 0 Å². The highest BCUT2D eigenvalue weighted by atomic mass is 19.1. The smallest absolute Gasteiger partial charge is 0.130 e. The van der Waals surface area contributed by atoms with Gasteiger partial charge in [0.05, 0.1) is 0 Å². The van der Waals surface area contributed by atoms with Crippen LogP contribution in [0, 0.1) is 5.82 Å². The molecule has 2 aromatic rings. The number of hydrogen-bond acceptors (Lipinski definition) is 3. The molecule has 3 rings (SSSR count). The second-order valence-electron chi connectivity index (χ2n) is 6.43. The Morgan fingerprint density at radius 1 is 1.00 bits per heavy atom. The molecule has 1 heterocycles. The van der Waals surface area contributed by atoms with E-state index >= 15 is 0 Å². The first-order valence-corrected chi connectivity index (χ1v) is 8.66. The van der Waals surface area contributed by atoms with Gasteiger partial charge in [0.15, 0.2) is 0 Å². The van der Waals surface area contributed by atoms with Gasteiger partial charge in [0, 0.05) is 50.0 Å². The molecule has 4 heteroatoms. The molecule has 0 aliphatic carbocycles. The van der Waals surface area contributed by atoms with E-state index in [9.17, 15) is 4.39 Å². The predicted octanol–water partition coefficient (Wildman–Crippen LogP) is 3.43. The third-order valence-electron chi connectivity index (χ3n) is 4.86. The third-order valence-corrected chi connectivity index (χ3v) is 4.86. The highest BCUT2D eigenvalue weighted by Crippen LogP contribution is 2.29. The van der Waals surface area contributed by atoms with Gasteiger partial charge in [0.1, 0.15) is 5.82 Å². The van der Waals surface area contributed by atoms with Crippen molar-refractivity contribution in [2.45, 2.75) is 19.5 Å². The van der Waals surface area contributed by atoms with E-state index in [1.807, 2.05) is 26.1 Å². The summed E-state index contributed by atoms with van der Waals surface area (Å²) in [5, 5.41) is 3.17. The Hall–Kier alpha value is -1.91. The molecule has 1 N–H and O–H groups in total. The van der Waals surface area contributed by atoms with Gasteiger partial charge in [-0.05, 0) is 31.7 Å². The van der Waals surface area contributed by atoms with Crippen LogP contribution in [-0.2, 0) is 6.54 Å². The summed E-state index contributed by atoms with van der Waals surface area (Å²) in [6.07, 6.45) is 0. The van der Waals surface area contributed by atoms with Crippen LogP contribution in [0.4, 0.5) is 10.1 Å².